The minimum absolute atomic E-state index is 0.0586. The molecule has 370 valence electrons. The van der Waals surface area contributed by atoms with E-state index in [1.807, 2.05) is 6.08 Å². The van der Waals surface area contributed by atoms with Crippen LogP contribution in [0.3, 0.4) is 0 Å². The average Bonchev–Trinajstić information content (AvgIpc) is 3.28. The molecule has 0 spiro atoms. The van der Waals surface area contributed by atoms with Crippen molar-refractivity contribution in [1.82, 2.24) is 5.32 Å². The highest BCUT2D eigenvalue weighted by atomic mass is 16.5. The van der Waals surface area contributed by atoms with Crippen LogP contribution in [-0.2, 0) is 14.3 Å². The minimum Gasteiger partial charge on any atom is -0.462 e. The van der Waals surface area contributed by atoms with Gasteiger partial charge < -0.3 is 20.3 Å². The third-order valence-corrected chi connectivity index (χ3v) is 12.8. The van der Waals surface area contributed by atoms with Gasteiger partial charge in [-0.3, -0.25) is 9.59 Å². The van der Waals surface area contributed by atoms with E-state index in [1.165, 1.54) is 173 Å². The number of ether oxygens (including phenoxy) is 1. The summed E-state index contributed by atoms with van der Waals surface area (Å²) in [4.78, 5) is 26.2. The molecule has 0 heterocycles. The third kappa shape index (κ3) is 46.4. The molecule has 0 aromatic rings. The van der Waals surface area contributed by atoms with E-state index in [0.29, 0.717) is 19.3 Å². The lowest BCUT2D eigenvalue weighted by molar-refractivity contribution is -0.151. The summed E-state index contributed by atoms with van der Waals surface area (Å²) in [6.45, 7) is 6.37. The molecule has 3 atom stereocenters. The molecule has 0 radical (unpaired) electrons. The fraction of sp³-hybridized carbons (Fsp3) is 0.860. The highest BCUT2D eigenvalue weighted by Crippen LogP contribution is 2.18. The quantitative estimate of drug-likeness (QED) is 0.0321. The van der Waals surface area contributed by atoms with E-state index in [0.717, 1.165) is 70.6 Å². The van der Waals surface area contributed by atoms with Gasteiger partial charge in [0.05, 0.1) is 25.2 Å². The Morgan fingerprint density at radius 2 is 0.857 bits per heavy atom. The van der Waals surface area contributed by atoms with Crippen molar-refractivity contribution in [3.63, 3.8) is 0 Å². The van der Waals surface area contributed by atoms with Crippen molar-refractivity contribution < 1.29 is 24.5 Å². The molecule has 6 heteroatoms. The van der Waals surface area contributed by atoms with Crippen LogP contribution in [0.5, 0.6) is 0 Å². The smallest absolute Gasteiger partial charge is 0.306 e. The van der Waals surface area contributed by atoms with Crippen LogP contribution < -0.4 is 5.32 Å². The van der Waals surface area contributed by atoms with E-state index in [2.05, 4.69) is 56.5 Å². The molecule has 0 bridgehead atoms. The number of allylic oxidation sites excluding steroid dienone is 6. The van der Waals surface area contributed by atoms with Crippen molar-refractivity contribution >= 4 is 11.9 Å². The van der Waals surface area contributed by atoms with Crippen LogP contribution in [0.4, 0.5) is 0 Å². The van der Waals surface area contributed by atoms with Gasteiger partial charge in [0.25, 0.3) is 0 Å². The molecule has 0 aliphatic rings. The molecule has 0 aromatic heterocycles. The Morgan fingerprint density at radius 1 is 0.476 bits per heavy atom. The van der Waals surface area contributed by atoms with Crippen LogP contribution in [0.1, 0.15) is 290 Å². The van der Waals surface area contributed by atoms with Crippen molar-refractivity contribution in [2.24, 2.45) is 0 Å². The molecule has 0 saturated carbocycles. The Kier molecular flexibility index (Phi) is 49.5. The first-order valence-electron chi connectivity index (χ1n) is 27.7. The van der Waals surface area contributed by atoms with Gasteiger partial charge in [-0.15, -0.1) is 0 Å². The van der Waals surface area contributed by atoms with Gasteiger partial charge in [0.15, 0.2) is 0 Å². The van der Waals surface area contributed by atoms with E-state index >= 15 is 0 Å². The Balaban J connectivity index is 4.46. The van der Waals surface area contributed by atoms with Crippen molar-refractivity contribution in [2.45, 2.75) is 309 Å². The van der Waals surface area contributed by atoms with Gasteiger partial charge >= 0.3 is 5.97 Å². The van der Waals surface area contributed by atoms with Gasteiger partial charge in [0.1, 0.15) is 6.10 Å². The maximum Gasteiger partial charge on any atom is 0.306 e. The fourth-order valence-corrected chi connectivity index (χ4v) is 8.61. The molecule has 0 fully saturated rings. The summed E-state index contributed by atoms with van der Waals surface area (Å²) in [7, 11) is 0. The molecule has 1 amide bonds. The van der Waals surface area contributed by atoms with E-state index in [1.54, 1.807) is 0 Å². The lowest BCUT2D eigenvalue weighted by Gasteiger charge is -2.24. The summed E-state index contributed by atoms with van der Waals surface area (Å²) in [5.74, 6) is -0.495. The average molecular weight is 886 g/mol. The maximum atomic E-state index is 13.2. The number of esters is 1. The number of unbranched alkanes of at least 4 members (excludes halogenated alkanes) is 34. The number of aliphatic hydroxyl groups excluding tert-OH is 2. The Bertz CT molecular complexity index is 1040. The zero-order valence-corrected chi connectivity index (χ0v) is 42.2. The number of aliphatic hydroxyl groups is 2. The van der Waals surface area contributed by atoms with Gasteiger partial charge in [-0.05, 0) is 44.9 Å². The maximum absolute atomic E-state index is 13.2. The number of hydrogen-bond donors (Lipinski definition) is 3. The number of nitrogens with one attached hydrogen (secondary N) is 1. The molecule has 3 N–H and O–H groups in total. The van der Waals surface area contributed by atoms with Gasteiger partial charge in [-0.25, -0.2) is 0 Å². The Morgan fingerprint density at radius 3 is 1.29 bits per heavy atom. The molecular formula is C57H107NO5. The van der Waals surface area contributed by atoms with Gasteiger partial charge in [0, 0.05) is 6.42 Å². The number of rotatable bonds is 50. The molecule has 6 nitrogen and oxygen atoms in total. The van der Waals surface area contributed by atoms with Crippen LogP contribution in [0.2, 0.25) is 0 Å². The van der Waals surface area contributed by atoms with E-state index in [4.69, 9.17) is 4.74 Å². The summed E-state index contributed by atoms with van der Waals surface area (Å²) < 4.78 is 5.93. The SMILES string of the molecule is CC/C=C/C=C/C=C\CCCCCC(CC(=O)NC(CO)C(O)CCCCCCCCCCCCCCCCCC)OC(=O)CCCCCCCCCCCCCCCCCCC. The molecule has 3 unspecified atom stereocenters. The fourth-order valence-electron chi connectivity index (χ4n) is 8.61. The summed E-state index contributed by atoms with van der Waals surface area (Å²) in [6, 6.07) is -0.710. The van der Waals surface area contributed by atoms with Crippen molar-refractivity contribution in [1.29, 1.82) is 0 Å². The van der Waals surface area contributed by atoms with Crippen LogP contribution in [0.25, 0.3) is 0 Å². The summed E-state index contributed by atoms with van der Waals surface area (Å²) >= 11 is 0. The first-order chi connectivity index (χ1) is 31.0. The van der Waals surface area contributed by atoms with Gasteiger partial charge in [-0.2, -0.15) is 0 Å². The zero-order chi connectivity index (χ0) is 45.9. The lowest BCUT2D eigenvalue weighted by atomic mass is 10.0. The Hall–Kier alpha value is -1.92. The number of carbonyl (C=O) groups excluding carboxylic acids is 2. The van der Waals surface area contributed by atoms with Gasteiger partial charge in [-0.1, -0.05) is 269 Å². The van der Waals surface area contributed by atoms with Crippen LogP contribution in [-0.4, -0.2) is 46.9 Å². The number of hydrogen-bond acceptors (Lipinski definition) is 5. The topological polar surface area (TPSA) is 95.9 Å². The van der Waals surface area contributed by atoms with Crippen LogP contribution >= 0.6 is 0 Å². The van der Waals surface area contributed by atoms with Crippen molar-refractivity contribution in [3.8, 4) is 0 Å². The molecule has 63 heavy (non-hydrogen) atoms. The van der Waals surface area contributed by atoms with Gasteiger partial charge in [0.2, 0.25) is 5.91 Å². The lowest BCUT2D eigenvalue weighted by Crippen LogP contribution is -2.46. The predicted molar refractivity (Wildman–Crippen MR) is 273 cm³/mol. The van der Waals surface area contributed by atoms with E-state index < -0.39 is 18.2 Å². The number of amides is 1. The Labute approximate surface area is 392 Å². The molecule has 0 aliphatic carbocycles. The second-order valence-corrected chi connectivity index (χ2v) is 19.0. The zero-order valence-electron chi connectivity index (χ0n) is 42.2. The molecule has 0 saturated heterocycles. The predicted octanol–water partition coefficient (Wildman–Crippen LogP) is 16.8. The van der Waals surface area contributed by atoms with Crippen molar-refractivity contribution in [2.75, 3.05) is 6.61 Å². The molecular weight excluding hydrogens is 779 g/mol. The standard InChI is InChI=1S/C57H107NO5/c1-4-7-10-13-16-19-22-24-26-28-30-32-35-38-41-44-47-50-57(62)63-53(48-45-42-39-36-33-21-18-15-12-9-6-3)51-56(61)58-54(52-59)55(60)49-46-43-40-37-34-31-29-27-25-23-20-17-14-11-8-5-2/h9,12,15,18,21,33,53-55,59-60H,4-8,10-11,13-14,16-17,19-20,22-32,34-52H2,1-3H3,(H,58,61)/b12-9+,18-15+,33-21-. The minimum atomic E-state index is -0.795. The highest BCUT2D eigenvalue weighted by Gasteiger charge is 2.24. The largest absolute Gasteiger partial charge is 0.462 e. The van der Waals surface area contributed by atoms with Crippen LogP contribution in [0.15, 0.2) is 36.5 Å². The molecule has 0 aromatic carbocycles. The van der Waals surface area contributed by atoms with Crippen LogP contribution in [0, 0.1) is 0 Å². The first-order valence-corrected chi connectivity index (χ1v) is 27.7. The molecule has 0 rings (SSSR count). The third-order valence-electron chi connectivity index (χ3n) is 12.8. The summed E-state index contributed by atoms with van der Waals surface area (Å²) in [5, 5.41) is 23.8. The number of carbonyl (C=O) groups is 2. The first kappa shape index (κ1) is 61.1. The normalized spacial score (nSPS) is 13.4. The van der Waals surface area contributed by atoms with Crippen molar-refractivity contribution in [3.05, 3.63) is 36.5 Å². The second-order valence-electron chi connectivity index (χ2n) is 19.0. The van der Waals surface area contributed by atoms with E-state index in [-0.39, 0.29) is 24.9 Å². The van der Waals surface area contributed by atoms with E-state index in [9.17, 15) is 19.8 Å². The summed E-state index contributed by atoms with van der Waals surface area (Å²) in [6.07, 6.45) is 60.8. The molecule has 0 aliphatic heterocycles. The highest BCUT2D eigenvalue weighted by molar-refractivity contribution is 5.77. The summed E-state index contributed by atoms with van der Waals surface area (Å²) in [5.41, 5.74) is 0. The second kappa shape index (κ2) is 51.1. The monoisotopic (exact) mass is 886 g/mol.